The Morgan fingerprint density at radius 3 is 2.58 bits per heavy atom. The quantitative estimate of drug-likeness (QED) is 0.269. The fourth-order valence-electron chi connectivity index (χ4n) is 3.21. The minimum absolute atomic E-state index is 0.0249. The van der Waals surface area contributed by atoms with Gasteiger partial charge in [-0.15, -0.1) is 0 Å². The molecule has 0 aliphatic carbocycles. The predicted octanol–water partition coefficient (Wildman–Crippen LogP) is 4.52. The van der Waals surface area contributed by atoms with E-state index in [1.165, 1.54) is 25.3 Å². The lowest BCUT2D eigenvalue weighted by atomic mass is 10.2. The number of amides is 1. The summed E-state index contributed by atoms with van der Waals surface area (Å²) in [6.07, 6.45) is -2.62. The summed E-state index contributed by atoms with van der Waals surface area (Å²) < 4.78 is 83.2. The number of nitrogens with one attached hydrogen (secondary N) is 1. The molecule has 0 unspecified atom stereocenters. The van der Waals surface area contributed by atoms with Gasteiger partial charge in [0, 0.05) is 43.9 Å². The van der Waals surface area contributed by atoms with Gasteiger partial charge < -0.3 is 19.3 Å². The number of benzene rings is 1. The van der Waals surface area contributed by atoms with E-state index in [1.54, 1.807) is 24.5 Å². The zero-order chi connectivity index (χ0) is 29.3. The molecular formula is C24H24ClF3N4O7S. The zero-order valence-electron chi connectivity index (χ0n) is 20.9. The van der Waals surface area contributed by atoms with Gasteiger partial charge in [-0.1, -0.05) is 17.7 Å². The number of methoxy groups -OCH3 is 1. The molecule has 216 valence electrons. The first-order valence-corrected chi connectivity index (χ1v) is 13.3. The van der Waals surface area contributed by atoms with E-state index in [-0.39, 0.29) is 47.5 Å². The van der Waals surface area contributed by atoms with Crippen LogP contribution in [0.25, 0.3) is 0 Å². The van der Waals surface area contributed by atoms with Crippen LogP contribution in [0, 0.1) is 0 Å². The van der Waals surface area contributed by atoms with Crippen LogP contribution in [0.3, 0.4) is 0 Å². The number of hydrogen-bond acceptors (Lipinski definition) is 8. The van der Waals surface area contributed by atoms with Crippen molar-refractivity contribution in [3.8, 4) is 17.4 Å². The van der Waals surface area contributed by atoms with E-state index < -0.39 is 45.5 Å². The first kappa shape index (κ1) is 30.9. The van der Waals surface area contributed by atoms with Gasteiger partial charge in [-0.25, -0.2) is 9.78 Å². The molecule has 2 N–H and O–H groups in total. The van der Waals surface area contributed by atoms with Crippen LogP contribution in [0.1, 0.15) is 16.7 Å². The lowest BCUT2D eigenvalue weighted by Crippen LogP contribution is -2.43. The van der Waals surface area contributed by atoms with Crippen molar-refractivity contribution in [1.82, 2.24) is 19.0 Å². The highest BCUT2D eigenvalue weighted by Gasteiger charge is 2.32. The number of hydrogen-bond donors (Lipinski definition) is 2. The molecule has 0 fully saturated rings. The van der Waals surface area contributed by atoms with Gasteiger partial charge in [0.1, 0.15) is 23.1 Å². The van der Waals surface area contributed by atoms with Gasteiger partial charge in [0.05, 0.1) is 18.7 Å². The second-order valence-electron chi connectivity index (χ2n) is 8.02. The first-order chi connectivity index (χ1) is 18.9. The van der Waals surface area contributed by atoms with Crippen LogP contribution in [0.4, 0.5) is 18.0 Å². The maximum absolute atomic E-state index is 13.0. The van der Waals surface area contributed by atoms with Crippen LogP contribution in [0.5, 0.6) is 17.4 Å². The van der Waals surface area contributed by atoms with E-state index in [1.807, 2.05) is 0 Å². The molecule has 0 spiro atoms. The van der Waals surface area contributed by atoms with Gasteiger partial charge in [-0.3, -0.25) is 4.98 Å². The number of ether oxygens (including phenoxy) is 3. The third-order valence-electron chi connectivity index (χ3n) is 5.17. The zero-order valence-corrected chi connectivity index (χ0v) is 22.5. The molecule has 1 amide bonds. The van der Waals surface area contributed by atoms with E-state index >= 15 is 0 Å². The van der Waals surface area contributed by atoms with Crippen molar-refractivity contribution in [2.75, 3.05) is 26.9 Å². The average molecular weight is 605 g/mol. The summed E-state index contributed by atoms with van der Waals surface area (Å²) in [5.74, 6) is -0.358. The number of halogens is 4. The summed E-state index contributed by atoms with van der Waals surface area (Å²) in [6.45, 7) is -0.465. The summed E-state index contributed by atoms with van der Waals surface area (Å²) in [6, 6.07) is 8.09. The minimum atomic E-state index is -4.70. The maximum Gasteiger partial charge on any atom is 0.422 e. The molecule has 3 rings (SSSR count). The summed E-state index contributed by atoms with van der Waals surface area (Å²) in [5.41, 5.74) is -0.355. The fraction of sp³-hybridized carbons (Fsp3) is 0.292. The normalized spacial score (nSPS) is 11.7. The third-order valence-corrected chi connectivity index (χ3v) is 6.88. The molecule has 11 nitrogen and oxygen atoms in total. The molecule has 2 aromatic heterocycles. The van der Waals surface area contributed by atoms with Crippen molar-refractivity contribution in [1.29, 1.82) is 0 Å². The molecule has 0 radical (unpaired) electrons. The summed E-state index contributed by atoms with van der Waals surface area (Å²) in [7, 11) is -3.08. The summed E-state index contributed by atoms with van der Waals surface area (Å²) in [4.78, 5) is 19.5. The number of aromatic nitrogens is 2. The van der Waals surface area contributed by atoms with Gasteiger partial charge in [0.25, 0.3) is 0 Å². The fourth-order valence-corrected chi connectivity index (χ4v) is 4.45. The highest BCUT2D eigenvalue weighted by Crippen LogP contribution is 2.36. The number of carbonyl (C=O) groups is 1. The molecule has 0 saturated carbocycles. The van der Waals surface area contributed by atoms with Crippen molar-refractivity contribution in [2.24, 2.45) is 0 Å². The molecule has 2 heterocycles. The number of pyridine rings is 2. The average Bonchev–Trinajstić information content (AvgIpc) is 2.89. The van der Waals surface area contributed by atoms with E-state index in [2.05, 4.69) is 14.7 Å². The van der Waals surface area contributed by atoms with E-state index in [0.29, 0.717) is 12.3 Å². The first-order valence-electron chi connectivity index (χ1n) is 11.4. The molecule has 40 heavy (non-hydrogen) atoms. The van der Waals surface area contributed by atoms with Crippen LogP contribution >= 0.6 is 11.6 Å². The van der Waals surface area contributed by atoms with E-state index in [4.69, 9.17) is 25.8 Å². The second kappa shape index (κ2) is 13.6. The molecular weight excluding hydrogens is 581 g/mol. The largest absolute Gasteiger partial charge is 0.491 e. The van der Waals surface area contributed by atoms with Gasteiger partial charge in [-0.05, 0) is 36.2 Å². The van der Waals surface area contributed by atoms with Crippen LogP contribution in [-0.4, -0.2) is 60.8 Å². The van der Waals surface area contributed by atoms with Crippen LogP contribution in [0.2, 0.25) is 5.02 Å². The Hall–Kier alpha value is -3.66. The molecule has 0 aliphatic heterocycles. The number of carboxylic acid groups (broad SMARTS) is 1. The molecule has 0 aliphatic rings. The highest BCUT2D eigenvalue weighted by molar-refractivity contribution is 7.87. The maximum atomic E-state index is 13.0. The van der Waals surface area contributed by atoms with E-state index in [0.717, 1.165) is 5.56 Å². The smallest absolute Gasteiger partial charge is 0.422 e. The Balaban J connectivity index is 1.88. The van der Waals surface area contributed by atoms with Gasteiger partial charge in [0.2, 0.25) is 5.88 Å². The SMILES string of the molecule is COCCOc1ccc(CN(C(=O)O)S(=O)(=O)NCCc2cccnc2)c(Oc2ncc(C(F)(F)F)cc2Cl)c1. The molecule has 16 heteroatoms. The van der Waals surface area contributed by atoms with Crippen molar-refractivity contribution in [3.05, 3.63) is 76.7 Å². The van der Waals surface area contributed by atoms with Crippen molar-refractivity contribution in [3.63, 3.8) is 0 Å². The van der Waals surface area contributed by atoms with Crippen LogP contribution in [-0.2, 0) is 34.1 Å². The Morgan fingerprint density at radius 1 is 1.18 bits per heavy atom. The Bertz CT molecular complexity index is 1410. The number of rotatable bonds is 13. The molecule has 3 aromatic rings. The number of nitrogens with zero attached hydrogens (tertiary/aromatic N) is 3. The Morgan fingerprint density at radius 2 is 1.95 bits per heavy atom. The van der Waals surface area contributed by atoms with E-state index in [9.17, 15) is 31.5 Å². The van der Waals surface area contributed by atoms with Crippen LogP contribution in [0.15, 0.2) is 55.0 Å². The van der Waals surface area contributed by atoms with Crippen LogP contribution < -0.4 is 14.2 Å². The summed E-state index contributed by atoms with van der Waals surface area (Å²) in [5, 5.41) is 9.21. The van der Waals surface area contributed by atoms with Gasteiger partial charge in [0.15, 0.2) is 0 Å². The Kier molecular flexibility index (Phi) is 10.5. The van der Waals surface area contributed by atoms with Crippen molar-refractivity contribution in [2.45, 2.75) is 19.1 Å². The van der Waals surface area contributed by atoms with Crippen molar-refractivity contribution >= 4 is 27.9 Å². The number of alkyl halides is 3. The monoisotopic (exact) mass is 604 g/mol. The van der Waals surface area contributed by atoms with Crippen molar-refractivity contribution < 1.29 is 45.7 Å². The topological polar surface area (TPSA) is 140 Å². The standard InChI is InChI=1S/C24H24ClF3N4O7S/c1-37-9-10-38-19-5-4-17(21(12-19)39-22-20(25)11-18(14-30-22)24(26,27)28)15-32(23(33)34)40(35,36)31-8-6-16-3-2-7-29-13-16/h2-5,7,11-14,31H,6,8-10,15H2,1H3,(H,33,34). The van der Waals surface area contributed by atoms with Gasteiger partial charge >= 0.3 is 22.5 Å². The molecule has 0 saturated heterocycles. The molecule has 0 atom stereocenters. The third kappa shape index (κ3) is 8.67. The van der Waals surface area contributed by atoms with Gasteiger partial charge in [-0.2, -0.15) is 30.6 Å². The lowest BCUT2D eigenvalue weighted by Gasteiger charge is -2.21. The molecule has 0 bridgehead atoms. The lowest BCUT2D eigenvalue weighted by molar-refractivity contribution is -0.137. The molecule has 1 aromatic carbocycles. The second-order valence-corrected chi connectivity index (χ2v) is 10.1. The highest BCUT2D eigenvalue weighted by atomic mass is 35.5. The Labute approximate surface area is 232 Å². The predicted molar refractivity (Wildman–Crippen MR) is 137 cm³/mol. The minimum Gasteiger partial charge on any atom is -0.491 e. The summed E-state index contributed by atoms with van der Waals surface area (Å²) >= 11 is 5.97.